The second-order valence-corrected chi connectivity index (χ2v) is 2.10. The van der Waals surface area contributed by atoms with E-state index in [0.29, 0.717) is 12.4 Å². The van der Waals surface area contributed by atoms with Crippen LogP contribution in [0.1, 0.15) is 0 Å². The Balaban J connectivity index is 2.56. The van der Waals surface area contributed by atoms with Crippen LogP contribution in [0.3, 0.4) is 0 Å². The predicted molar refractivity (Wildman–Crippen MR) is 40.4 cm³/mol. The van der Waals surface area contributed by atoms with E-state index in [2.05, 4.69) is 20.5 Å². The molecule has 0 fully saturated rings. The smallest absolute Gasteiger partial charge is 0.244 e. The van der Waals surface area contributed by atoms with Crippen LogP contribution in [0.25, 0.3) is 0 Å². The largest absolute Gasteiger partial charge is 0.395 e. The summed E-state index contributed by atoms with van der Waals surface area (Å²) in [6, 6.07) is 0. The van der Waals surface area contributed by atoms with E-state index in [1.165, 1.54) is 6.20 Å². The molecule has 0 saturated carbocycles. The van der Waals surface area contributed by atoms with Crippen LogP contribution in [-0.4, -0.2) is 33.4 Å². The molecule has 0 saturated heterocycles. The van der Waals surface area contributed by atoms with Crippen molar-refractivity contribution in [2.24, 2.45) is 0 Å². The van der Waals surface area contributed by atoms with Gasteiger partial charge in [0.15, 0.2) is 0 Å². The van der Waals surface area contributed by atoms with Gasteiger partial charge in [-0.1, -0.05) is 0 Å². The third-order valence-electron chi connectivity index (χ3n) is 0.951. The Kier molecular flexibility index (Phi) is 3.00. The van der Waals surface area contributed by atoms with Crippen molar-refractivity contribution in [3.63, 3.8) is 0 Å². The van der Waals surface area contributed by atoms with Gasteiger partial charge < -0.3 is 10.4 Å². The lowest BCUT2D eigenvalue weighted by Crippen LogP contribution is -2.07. The lowest BCUT2D eigenvalue weighted by molar-refractivity contribution is 0.311. The molecule has 1 aromatic heterocycles. The summed E-state index contributed by atoms with van der Waals surface area (Å²) >= 11 is 5.44. The quantitative estimate of drug-likeness (QED) is 0.671. The van der Waals surface area contributed by atoms with Crippen molar-refractivity contribution >= 4 is 17.4 Å². The summed E-state index contributed by atoms with van der Waals surface area (Å²) in [6.45, 7) is 0.469. The topological polar surface area (TPSA) is 70.9 Å². The average Bonchev–Trinajstić information content (AvgIpc) is 2.01. The van der Waals surface area contributed by atoms with Gasteiger partial charge in [0.05, 0.1) is 12.8 Å². The molecule has 0 bridgehead atoms. The lowest BCUT2D eigenvalue weighted by atomic mass is 10.6. The molecule has 0 radical (unpaired) electrons. The molecule has 1 rings (SSSR count). The number of nitrogens with one attached hydrogen (secondary N) is 1. The SMILES string of the molecule is OCCNc1cnnc(Cl)n1. The first-order valence-corrected chi connectivity index (χ1v) is 3.40. The Morgan fingerprint density at radius 2 is 2.45 bits per heavy atom. The first-order chi connectivity index (χ1) is 5.33. The van der Waals surface area contributed by atoms with Crippen molar-refractivity contribution < 1.29 is 5.11 Å². The molecule has 2 N–H and O–H groups in total. The number of anilines is 1. The molecule has 0 amide bonds. The maximum Gasteiger partial charge on any atom is 0.244 e. The Bertz CT molecular complexity index is 231. The van der Waals surface area contributed by atoms with Crippen molar-refractivity contribution in [2.45, 2.75) is 0 Å². The Hall–Kier alpha value is -0.940. The number of aromatic nitrogens is 3. The summed E-state index contributed by atoms with van der Waals surface area (Å²) in [4.78, 5) is 3.78. The number of nitrogens with zero attached hydrogens (tertiary/aromatic N) is 3. The highest BCUT2D eigenvalue weighted by Gasteiger charge is 1.94. The molecule has 0 aromatic carbocycles. The van der Waals surface area contributed by atoms with Crippen LogP contribution in [0.2, 0.25) is 5.28 Å². The van der Waals surface area contributed by atoms with Gasteiger partial charge in [0.2, 0.25) is 5.28 Å². The van der Waals surface area contributed by atoms with Gasteiger partial charge in [0, 0.05) is 6.54 Å². The first kappa shape index (κ1) is 8.16. The van der Waals surface area contributed by atoms with E-state index < -0.39 is 0 Å². The summed E-state index contributed by atoms with van der Waals surface area (Å²) < 4.78 is 0. The van der Waals surface area contributed by atoms with Gasteiger partial charge in [-0.15, -0.1) is 5.10 Å². The molecule has 0 spiro atoms. The fourth-order valence-corrected chi connectivity index (χ4v) is 0.686. The average molecular weight is 175 g/mol. The van der Waals surface area contributed by atoms with Crippen LogP contribution in [0.4, 0.5) is 5.82 Å². The van der Waals surface area contributed by atoms with E-state index in [-0.39, 0.29) is 11.9 Å². The van der Waals surface area contributed by atoms with Gasteiger partial charge in [-0.05, 0) is 11.6 Å². The minimum Gasteiger partial charge on any atom is -0.395 e. The van der Waals surface area contributed by atoms with Crippen molar-refractivity contribution in [3.05, 3.63) is 11.5 Å². The van der Waals surface area contributed by atoms with Crippen LogP contribution in [0.5, 0.6) is 0 Å². The third-order valence-corrected chi connectivity index (χ3v) is 1.11. The molecule has 0 aliphatic heterocycles. The minimum atomic E-state index is 0.0433. The second-order valence-electron chi connectivity index (χ2n) is 1.76. The molecular weight excluding hydrogens is 168 g/mol. The number of halogens is 1. The number of aliphatic hydroxyl groups excluding tert-OH is 1. The van der Waals surface area contributed by atoms with E-state index in [9.17, 15) is 0 Å². The molecule has 11 heavy (non-hydrogen) atoms. The number of rotatable bonds is 3. The zero-order valence-corrected chi connectivity index (χ0v) is 6.41. The minimum absolute atomic E-state index is 0.0433. The molecule has 60 valence electrons. The number of hydrogen-bond donors (Lipinski definition) is 2. The fraction of sp³-hybridized carbons (Fsp3) is 0.400. The van der Waals surface area contributed by atoms with Crippen LogP contribution in [0.15, 0.2) is 6.20 Å². The molecule has 6 heteroatoms. The van der Waals surface area contributed by atoms with Crippen LogP contribution in [0, 0.1) is 0 Å². The van der Waals surface area contributed by atoms with Gasteiger partial charge >= 0.3 is 0 Å². The summed E-state index contributed by atoms with van der Waals surface area (Å²) in [5.41, 5.74) is 0. The van der Waals surface area contributed by atoms with Crippen LogP contribution < -0.4 is 5.32 Å². The summed E-state index contributed by atoms with van der Waals surface area (Å²) in [6.07, 6.45) is 1.43. The lowest BCUT2D eigenvalue weighted by Gasteiger charge is -2.00. The standard InChI is InChI=1S/C5H7ClN4O/c6-5-9-4(3-8-10-5)7-1-2-11/h3,11H,1-2H2,(H,7,9,10). The van der Waals surface area contributed by atoms with Crippen LogP contribution in [-0.2, 0) is 0 Å². The molecular formula is C5H7ClN4O. The highest BCUT2D eigenvalue weighted by molar-refractivity contribution is 6.28. The van der Waals surface area contributed by atoms with Crippen molar-refractivity contribution in [1.82, 2.24) is 15.2 Å². The molecule has 0 aliphatic carbocycles. The number of hydrogen-bond acceptors (Lipinski definition) is 5. The van der Waals surface area contributed by atoms with Gasteiger partial charge in [0.1, 0.15) is 5.82 Å². The molecule has 1 heterocycles. The monoisotopic (exact) mass is 174 g/mol. The first-order valence-electron chi connectivity index (χ1n) is 3.03. The normalized spacial score (nSPS) is 9.64. The number of aliphatic hydroxyl groups is 1. The van der Waals surface area contributed by atoms with Crippen molar-refractivity contribution in [3.8, 4) is 0 Å². The molecule has 1 aromatic rings. The highest BCUT2D eigenvalue weighted by Crippen LogP contribution is 2.02. The third kappa shape index (κ3) is 2.65. The van der Waals surface area contributed by atoms with E-state index in [0.717, 1.165) is 0 Å². The fourth-order valence-electron chi connectivity index (χ4n) is 0.551. The Morgan fingerprint density at radius 1 is 1.64 bits per heavy atom. The highest BCUT2D eigenvalue weighted by atomic mass is 35.5. The zero-order valence-electron chi connectivity index (χ0n) is 5.66. The van der Waals surface area contributed by atoms with Gasteiger partial charge in [-0.3, -0.25) is 0 Å². The second kappa shape index (κ2) is 4.05. The molecule has 0 unspecified atom stereocenters. The van der Waals surface area contributed by atoms with E-state index >= 15 is 0 Å². The predicted octanol–water partition coefficient (Wildman–Crippen LogP) is -0.0708. The Morgan fingerprint density at radius 3 is 3.09 bits per heavy atom. The van der Waals surface area contributed by atoms with E-state index in [4.69, 9.17) is 16.7 Å². The summed E-state index contributed by atoms with van der Waals surface area (Å²) in [7, 11) is 0. The van der Waals surface area contributed by atoms with Gasteiger partial charge in [-0.25, -0.2) is 0 Å². The van der Waals surface area contributed by atoms with Gasteiger partial charge in [0.25, 0.3) is 0 Å². The van der Waals surface area contributed by atoms with Gasteiger partial charge in [-0.2, -0.15) is 10.1 Å². The zero-order chi connectivity index (χ0) is 8.10. The maximum absolute atomic E-state index is 8.44. The summed E-state index contributed by atoms with van der Waals surface area (Å²) in [5.74, 6) is 0.513. The Labute approximate surface area is 68.4 Å². The van der Waals surface area contributed by atoms with Crippen molar-refractivity contribution in [1.29, 1.82) is 0 Å². The summed E-state index contributed by atoms with van der Waals surface area (Å²) in [5, 5.41) is 18.3. The molecule has 0 atom stereocenters. The molecule has 5 nitrogen and oxygen atoms in total. The van der Waals surface area contributed by atoms with E-state index in [1.807, 2.05) is 0 Å². The van der Waals surface area contributed by atoms with E-state index in [1.54, 1.807) is 0 Å². The van der Waals surface area contributed by atoms with Crippen molar-refractivity contribution in [2.75, 3.05) is 18.5 Å². The molecule has 0 aliphatic rings. The maximum atomic E-state index is 8.44. The van der Waals surface area contributed by atoms with Crippen LogP contribution >= 0.6 is 11.6 Å².